The first-order valence-corrected chi connectivity index (χ1v) is 8.28. The van der Waals surface area contributed by atoms with Crippen molar-refractivity contribution >= 4 is 58.1 Å². The highest BCUT2D eigenvalue weighted by molar-refractivity contribution is 7.11. The largest absolute Gasteiger partial charge is 0.513 e. The number of urea groups is 1. The number of benzene rings is 1. The van der Waals surface area contributed by atoms with E-state index in [0.29, 0.717) is 9.78 Å². The third-order valence-electron chi connectivity index (χ3n) is 3.51. The molecule has 0 saturated heterocycles. The average Bonchev–Trinajstić information content (AvgIpc) is 3.20. The van der Waals surface area contributed by atoms with Gasteiger partial charge in [-0.2, -0.15) is 0 Å². The zero-order chi connectivity index (χ0) is 19.0. The highest BCUT2D eigenvalue weighted by atomic mass is 35.5. The molecule has 2 N–H and O–H groups in total. The van der Waals surface area contributed by atoms with Gasteiger partial charge in [0.15, 0.2) is 5.76 Å². The van der Waals surface area contributed by atoms with Gasteiger partial charge in [0.25, 0.3) is 5.91 Å². The van der Waals surface area contributed by atoms with Crippen molar-refractivity contribution in [2.75, 3.05) is 12.0 Å². The number of carbonyl (C=O) groups excluding carboxylic acids is 3. The lowest BCUT2D eigenvalue weighted by atomic mass is 10.0. The highest BCUT2D eigenvalue weighted by Gasteiger charge is 2.40. The maximum absolute atomic E-state index is 14.0. The maximum atomic E-state index is 14.0. The van der Waals surface area contributed by atoms with E-state index in [1.165, 1.54) is 11.3 Å². The lowest BCUT2D eigenvalue weighted by molar-refractivity contribution is -0.112. The molecule has 1 aliphatic heterocycles. The number of amides is 3. The fraction of sp³-hybridized carbons (Fsp3) is 0.0625. The summed E-state index contributed by atoms with van der Waals surface area (Å²) in [6.45, 7) is 0. The van der Waals surface area contributed by atoms with E-state index in [9.17, 15) is 18.8 Å². The van der Waals surface area contributed by atoms with E-state index in [0.717, 1.165) is 19.2 Å². The van der Waals surface area contributed by atoms with Gasteiger partial charge in [-0.25, -0.2) is 18.9 Å². The fourth-order valence-corrected chi connectivity index (χ4v) is 3.32. The van der Waals surface area contributed by atoms with Crippen molar-refractivity contribution in [1.82, 2.24) is 0 Å². The van der Waals surface area contributed by atoms with Crippen molar-refractivity contribution in [3.05, 3.63) is 50.9 Å². The molecule has 1 aromatic heterocycles. The molecule has 2 heterocycles. The number of carbonyl (C=O) groups is 3. The first-order valence-electron chi connectivity index (χ1n) is 7.02. The second-order valence-corrected chi connectivity index (χ2v) is 6.35. The van der Waals surface area contributed by atoms with Gasteiger partial charge in [0.1, 0.15) is 5.82 Å². The van der Waals surface area contributed by atoms with Crippen molar-refractivity contribution in [2.24, 2.45) is 5.73 Å². The van der Waals surface area contributed by atoms with Crippen molar-refractivity contribution in [3.8, 4) is 0 Å². The zero-order valence-electron chi connectivity index (χ0n) is 13.1. The lowest BCUT2D eigenvalue weighted by Gasteiger charge is -2.12. The predicted molar refractivity (Wildman–Crippen MR) is 93.1 cm³/mol. The number of nitrogens with zero attached hydrogens (tertiary/aromatic N) is 1. The van der Waals surface area contributed by atoms with Gasteiger partial charge < -0.3 is 15.2 Å². The van der Waals surface area contributed by atoms with Crippen LogP contribution in [-0.4, -0.2) is 25.2 Å². The van der Waals surface area contributed by atoms with Crippen LogP contribution in [0.1, 0.15) is 10.4 Å². The average molecular weight is 397 g/mol. The van der Waals surface area contributed by atoms with Crippen LogP contribution in [0.4, 0.5) is 19.7 Å². The van der Waals surface area contributed by atoms with Crippen LogP contribution < -0.4 is 10.6 Å². The van der Waals surface area contributed by atoms with Gasteiger partial charge in [-0.15, -0.1) is 11.3 Å². The van der Waals surface area contributed by atoms with Crippen molar-refractivity contribution in [1.29, 1.82) is 0 Å². The van der Waals surface area contributed by atoms with Gasteiger partial charge in [0.05, 0.1) is 28.3 Å². The number of halogens is 2. The normalized spacial score (nSPS) is 14.9. The van der Waals surface area contributed by atoms with Crippen molar-refractivity contribution in [3.63, 3.8) is 0 Å². The second-order valence-electron chi connectivity index (χ2n) is 5.00. The summed E-state index contributed by atoms with van der Waals surface area (Å²) in [5.41, 5.74) is 5.08. The number of thiophene rings is 1. The SMILES string of the molecule is COC(=O)O/C(=C1\C(=O)N(C(N)=O)c2cc(Cl)c(F)cc21)c1cccs1. The molecule has 2 aromatic rings. The molecule has 3 rings (SSSR count). The Balaban J connectivity index is 2.32. The summed E-state index contributed by atoms with van der Waals surface area (Å²) >= 11 is 6.93. The predicted octanol–water partition coefficient (Wildman–Crippen LogP) is 3.62. The van der Waals surface area contributed by atoms with Gasteiger partial charge in [0, 0.05) is 5.56 Å². The van der Waals surface area contributed by atoms with E-state index >= 15 is 0 Å². The van der Waals surface area contributed by atoms with E-state index in [-0.39, 0.29) is 27.6 Å². The van der Waals surface area contributed by atoms with Crippen LogP contribution in [0.15, 0.2) is 29.6 Å². The van der Waals surface area contributed by atoms with E-state index in [2.05, 4.69) is 4.74 Å². The molecule has 134 valence electrons. The Morgan fingerprint density at radius 1 is 1.35 bits per heavy atom. The minimum atomic E-state index is -1.09. The molecule has 1 aliphatic rings. The standard InChI is InChI=1S/C16H10ClFN2O5S/c1-24-16(23)25-13(11-3-2-4-26-11)12-7-5-9(18)8(17)6-10(7)20(14(12)21)15(19)22/h2-6H,1H3,(H2,19,22)/b13-12-. The molecular weight excluding hydrogens is 387 g/mol. The third kappa shape index (κ3) is 2.91. The molecule has 0 aliphatic carbocycles. The number of hydrogen-bond acceptors (Lipinski definition) is 6. The van der Waals surface area contributed by atoms with E-state index < -0.39 is 23.9 Å². The van der Waals surface area contributed by atoms with Crippen LogP contribution >= 0.6 is 22.9 Å². The van der Waals surface area contributed by atoms with Crippen LogP contribution in [0.25, 0.3) is 11.3 Å². The molecule has 26 heavy (non-hydrogen) atoms. The summed E-state index contributed by atoms with van der Waals surface area (Å²) in [6, 6.07) is 4.24. The van der Waals surface area contributed by atoms with Crippen LogP contribution in [0.5, 0.6) is 0 Å². The molecule has 7 nitrogen and oxygen atoms in total. The molecule has 0 bridgehead atoms. The number of rotatable bonds is 2. The van der Waals surface area contributed by atoms with E-state index in [4.69, 9.17) is 22.1 Å². The zero-order valence-corrected chi connectivity index (χ0v) is 14.7. The van der Waals surface area contributed by atoms with Crippen LogP contribution in [0.2, 0.25) is 5.02 Å². The van der Waals surface area contributed by atoms with E-state index in [1.54, 1.807) is 17.5 Å². The number of fused-ring (bicyclic) bond motifs is 1. The Bertz CT molecular complexity index is 958. The van der Waals surface area contributed by atoms with Gasteiger partial charge in [-0.3, -0.25) is 4.79 Å². The van der Waals surface area contributed by atoms with Gasteiger partial charge in [-0.05, 0) is 23.6 Å². The van der Waals surface area contributed by atoms with Crippen LogP contribution in [0, 0.1) is 5.82 Å². The molecule has 10 heteroatoms. The number of primary amides is 1. The molecule has 0 fully saturated rings. The minimum absolute atomic E-state index is 0.00794. The van der Waals surface area contributed by atoms with Gasteiger partial charge >= 0.3 is 12.2 Å². The Morgan fingerprint density at radius 3 is 2.65 bits per heavy atom. The molecule has 0 atom stereocenters. The summed E-state index contributed by atoms with van der Waals surface area (Å²) in [4.78, 5) is 37.2. The topological polar surface area (TPSA) is 98.9 Å². The number of hydrogen-bond donors (Lipinski definition) is 1. The summed E-state index contributed by atoms with van der Waals surface area (Å²) in [5, 5.41) is 1.39. The second kappa shape index (κ2) is 6.77. The smallest absolute Gasteiger partial charge is 0.437 e. The van der Waals surface area contributed by atoms with Crippen molar-refractivity contribution in [2.45, 2.75) is 0 Å². The highest BCUT2D eigenvalue weighted by Crippen LogP contribution is 2.43. The fourth-order valence-electron chi connectivity index (χ4n) is 2.45. The lowest BCUT2D eigenvalue weighted by Crippen LogP contribution is -2.38. The Kier molecular flexibility index (Phi) is 4.66. The number of imide groups is 1. The number of anilines is 1. The molecular formula is C16H10ClFN2O5S. The maximum Gasteiger partial charge on any atom is 0.513 e. The Labute approximate surface area is 155 Å². The number of ether oxygens (including phenoxy) is 2. The first-order chi connectivity index (χ1) is 12.3. The molecule has 0 saturated carbocycles. The molecule has 0 radical (unpaired) electrons. The van der Waals surface area contributed by atoms with E-state index in [1.807, 2.05) is 0 Å². The summed E-state index contributed by atoms with van der Waals surface area (Å²) < 4.78 is 23.6. The quantitative estimate of drug-likeness (QED) is 0.475. The Hall–Kier alpha value is -2.91. The molecule has 1 aromatic carbocycles. The number of methoxy groups -OCH3 is 1. The van der Waals surface area contributed by atoms with Crippen LogP contribution in [0.3, 0.4) is 0 Å². The number of nitrogens with two attached hydrogens (primary N) is 1. The van der Waals surface area contributed by atoms with Crippen LogP contribution in [-0.2, 0) is 14.3 Å². The summed E-state index contributed by atoms with van der Waals surface area (Å²) in [5.74, 6) is -1.87. The Morgan fingerprint density at radius 2 is 2.08 bits per heavy atom. The van der Waals surface area contributed by atoms with Gasteiger partial charge in [0.2, 0.25) is 0 Å². The molecule has 0 unspecified atom stereocenters. The molecule has 0 spiro atoms. The first kappa shape index (κ1) is 17.9. The summed E-state index contributed by atoms with van der Waals surface area (Å²) in [7, 11) is 1.10. The van der Waals surface area contributed by atoms with Gasteiger partial charge in [-0.1, -0.05) is 17.7 Å². The molecule has 3 amide bonds. The summed E-state index contributed by atoms with van der Waals surface area (Å²) in [6.07, 6.45) is -1.08. The van der Waals surface area contributed by atoms with Crippen molar-refractivity contribution < 1.29 is 28.2 Å². The monoisotopic (exact) mass is 396 g/mol. The minimum Gasteiger partial charge on any atom is -0.437 e. The third-order valence-corrected chi connectivity index (χ3v) is 4.67.